The van der Waals surface area contributed by atoms with Crippen LogP contribution in [0.2, 0.25) is 0 Å². The standard InChI is InChI=1S/C15H18F3NO2/c16-15(17,18)12-7-4-8-19(10-12)13(9-14(20)21)11-5-2-1-3-6-11/h1-3,5-6,12-13H,4,7-10H2,(H,20,21). The SMILES string of the molecule is O=C(O)CC(c1ccccc1)N1CCCC(C(F)(F)F)C1. The fourth-order valence-electron chi connectivity index (χ4n) is 2.86. The van der Waals surface area contributed by atoms with Crippen molar-refractivity contribution in [2.75, 3.05) is 13.1 Å². The van der Waals surface area contributed by atoms with E-state index in [0.717, 1.165) is 5.56 Å². The van der Waals surface area contributed by atoms with Gasteiger partial charge < -0.3 is 5.11 Å². The van der Waals surface area contributed by atoms with Crippen LogP contribution in [0.5, 0.6) is 0 Å². The number of carboxylic acid groups (broad SMARTS) is 1. The quantitative estimate of drug-likeness (QED) is 0.925. The number of nitrogens with zero attached hydrogens (tertiary/aromatic N) is 1. The Balaban J connectivity index is 2.19. The first-order valence-electron chi connectivity index (χ1n) is 6.95. The Hall–Kier alpha value is -1.56. The van der Waals surface area contributed by atoms with Gasteiger partial charge in [-0.3, -0.25) is 9.69 Å². The molecule has 3 nitrogen and oxygen atoms in total. The summed E-state index contributed by atoms with van der Waals surface area (Å²) < 4.78 is 38.7. The fraction of sp³-hybridized carbons (Fsp3) is 0.533. The molecule has 2 atom stereocenters. The molecule has 1 saturated heterocycles. The lowest BCUT2D eigenvalue weighted by Crippen LogP contribution is -2.43. The summed E-state index contributed by atoms with van der Waals surface area (Å²) in [6.07, 6.45) is -3.85. The van der Waals surface area contributed by atoms with Crippen molar-refractivity contribution in [1.82, 2.24) is 4.90 Å². The number of halogens is 3. The van der Waals surface area contributed by atoms with E-state index in [-0.39, 0.29) is 19.4 Å². The zero-order chi connectivity index (χ0) is 15.5. The van der Waals surface area contributed by atoms with Gasteiger partial charge in [0, 0.05) is 12.6 Å². The van der Waals surface area contributed by atoms with E-state index < -0.39 is 24.1 Å². The molecule has 0 spiro atoms. The lowest BCUT2D eigenvalue weighted by Gasteiger charge is -2.38. The molecule has 0 bridgehead atoms. The van der Waals surface area contributed by atoms with E-state index in [2.05, 4.69) is 0 Å². The van der Waals surface area contributed by atoms with Crippen LogP contribution in [0.25, 0.3) is 0 Å². The minimum atomic E-state index is -4.22. The highest BCUT2D eigenvalue weighted by Crippen LogP contribution is 2.36. The van der Waals surface area contributed by atoms with Gasteiger partial charge in [0.05, 0.1) is 12.3 Å². The zero-order valence-corrected chi connectivity index (χ0v) is 11.5. The van der Waals surface area contributed by atoms with Gasteiger partial charge >= 0.3 is 12.1 Å². The molecule has 6 heteroatoms. The third-order valence-electron chi connectivity index (χ3n) is 3.91. The number of hydrogen-bond donors (Lipinski definition) is 1. The Kier molecular flexibility index (Phi) is 4.88. The van der Waals surface area contributed by atoms with E-state index in [9.17, 15) is 18.0 Å². The Morgan fingerprint density at radius 3 is 2.57 bits per heavy atom. The van der Waals surface area contributed by atoms with Gasteiger partial charge in [-0.25, -0.2) is 0 Å². The minimum Gasteiger partial charge on any atom is -0.481 e. The summed E-state index contributed by atoms with van der Waals surface area (Å²) in [7, 11) is 0. The predicted octanol–water partition coefficient (Wildman–Crippen LogP) is 3.48. The van der Waals surface area contributed by atoms with Gasteiger partial charge in [-0.2, -0.15) is 13.2 Å². The molecule has 2 rings (SSSR count). The van der Waals surface area contributed by atoms with E-state index >= 15 is 0 Å². The van der Waals surface area contributed by atoms with E-state index in [4.69, 9.17) is 5.11 Å². The molecule has 0 saturated carbocycles. The van der Waals surface area contributed by atoms with Gasteiger partial charge in [-0.05, 0) is 24.9 Å². The Bertz CT molecular complexity index is 476. The summed E-state index contributed by atoms with van der Waals surface area (Å²) in [5.74, 6) is -2.37. The van der Waals surface area contributed by atoms with Crippen LogP contribution < -0.4 is 0 Å². The molecule has 2 unspecified atom stereocenters. The molecule has 0 amide bonds. The number of rotatable bonds is 4. The predicted molar refractivity (Wildman–Crippen MR) is 71.8 cm³/mol. The second-order valence-electron chi connectivity index (χ2n) is 5.40. The number of benzene rings is 1. The molecular formula is C15H18F3NO2. The average Bonchev–Trinajstić information content (AvgIpc) is 2.45. The van der Waals surface area contributed by atoms with Crippen LogP contribution in [0.15, 0.2) is 30.3 Å². The minimum absolute atomic E-state index is 0.120. The van der Waals surface area contributed by atoms with Crippen molar-refractivity contribution in [3.63, 3.8) is 0 Å². The molecule has 0 aliphatic carbocycles. The second kappa shape index (κ2) is 6.47. The highest BCUT2D eigenvalue weighted by molar-refractivity contribution is 5.68. The summed E-state index contributed by atoms with van der Waals surface area (Å²) >= 11 is 0. The van der Waals surface area contributed by atoms with Crippen molar-refractivity contribution in [2.45, 2.75) is 31.5 Å². The summed E-state index contributed by atoms with van der Waals surface area (Å²) in [6, 6.07) is 8.38. The van der Waals surface area contributed by atoms with E-state index in [1.54, 1.807) is 35.2 Å². The molecule has 21 heavy (non-hydrogen) atoms. The maximum Gasteiger partial charge on any atom is 0.393 e. The van der Waals surface area contributed by atoms with Crippen molar-refractivity contribution >= 4 is 5.97 Å². The second-order valence-corrected chi connectivity index (χ2v) is 5.40. The summed E-state index contributed by atoms with van der Waals surface area (Å²) in [4.78, 5) is 12.7. The first-order chi connectivity index (χ1) is 9.88. The molecule has 0 aromatic heterocycles. The van der Waals surface area contributed by atoms with Crippen LogP contribution in [-0.4, -0.2) is 35.2 Å². The summed E-state index contributed by atoms with van der Waals surface area (Å²) in [5, 5.41) is 9.05. The summed E-state index contributed by atoms with van der Waals surface area (Å²) in [5.41, 5.74) is 0.753. The lowest BCUT2D eigenvalue weighted by molar-refractivity contribution is -0.189. The van der Waals surface area contributed by atoms with Gasteiger partial charge in [-0.1, -0.05) is 30.3 Å². The van der Waals surface area contributed by atoms with Crippen LogP contribution in [-0.2, 0) is 4.79 Å². The first kappa shape index (κ1) is 15.8. The average molecular weight is 301 g/mol. The molecular weight excluding hydrogens is 283 g/mol. The Labute approximate surface area is 121 Å². The van der Waals surface area contributed by atoms with Crippen LogP contribution in [0.1, 0.15) is 30.9 Å². The van der Waals surface area contributed by atoms with Crippen LogP contribution in [0.4, 0.5) is 13.2 Å². The monoisotopic (exact) mass is 301 g/mol. The van der Waals surface area contributed by atoms with Crippen molar-refractivity contribution in [1.29, 1.82) is 0 Å². The topological polar surface area (TPSA) is 40.5 Å². The molecule has 1 aromatic carbocycles. The highest BCUT2D eigenvalue weighted by atomic mass is 19.4. The number of hydrogen-bond acceptors (Lipinski definition) is 2. The molecule has 1 fully saturated rings. The molecule has 1 aromatic rings. The smallest absolute Gasteiger partial charge is 0.393 e. The van der Waals surface area contributed by atoms with Crippen molar-refractivity contribution in [2.24, 2.45) is 5.92 Å². The third-order valence-corrected chi connectivity index (χ3v) is 3.91. The number of likely N-dealkylation sites (tertiary alicyclic amines) is 1. The van der Waals surface area contributed by atoms with Gasteiger partial charge in [-0.15, -0.1) is 0 Å². The number of carboxylic acids is 1. The Morgan fingerprint density at radius 1 is 1.33 bits per heavy atom. The largest absolute Gasteiger partial charge is 0.481 e. The number of aliphatic carboxylic acids is 1. The van der Waals surface area contributed by atoms with Crippen molar-refractivity contribution in [3.8, 4) is 0 Å². The zero-order valence-electron chi connectivity index (χ0n) is 11.5. The van der Waals surface area contributed by atoms with Gasteiger partial charge in [0.25, 0.3) is 0 Å². The molecule has 1 aliphatic heterocycles. The van der Waals surface area contributed by atoms with Crippen LogP contribution >= 0.6 is 0 Å². The maximum absolute atomic E-state index is 12.9. The molecule has 116 valence electrons. The van der Waals surface area contributed by atoms with Gasteiger partial charge in [0.1, 0.15) is 0 Å². The number of alkyl halides is 3. The van der Waals surface area contributed by atoms with Crippen molar-refractivity contribution in [3.05, 3.63) is 35.9 Å². The molecule has 0 radical (unpaired) electrons. The first-order valence-corrected chi connectivity index (χ1v) is 6.95. The summed E-state index contributed by atoms with van der Waals surface area (Å²) in [6.45, 7) is 0.371. The lowest BCUT2D eigenvalue weighted by atomic mass is 9.93. The van der Waals surface area contributed by atoms with Gasteiger partial charge in [0.2, 0.25) is 0 Å². The van der Waals surface area contributed by atoms with Crippen molar-refractivity contribution < 1.29 is 23.1 Å². The molecule has 1 aliphatic rings. The maximum atomic E-state index is 12.9. The normalized spacial score (nSPS) is 22.0. The highest BCUT2D eigenvalue weighted by Gasteiger charge is 2.43. The van der Waals surface area contributed by atoms with E-state index in [1.165, 1.54) is 0 Å². The van der Waals surface area contributed by atoms with E-state index in [0.29, 0.717) is 13.0 Å². The van der Waals surface area contributed by atoms with Crippen LogP contribution in [0.3, 0.4) is 0 Å². The van der Waals surface area contributed by atoms with Gasteiger partial charge in [0.15, 0.2) is 0 Å². The molecule has 1 heterocycles. The van der Waals surface area contributed by atoms with E-state index in [1.807, 2.05) is 0 Å². The molecule has 1 N–H and O–H groups in total. The third kappa shape index (κ3) is 4.20. The number of carbonyl (C=O) groups is 1. The number of piperidine rings is 1. The fourth-order valence-corrected chi connectivity index (χ4v) is 2.86. The van der Waals surface area contributed by atoms with Crippen LogP contribution in [0, 0.1) is 5.92 Å². The Morgan fingerprint density at radius 2 is 2.00 bits per heavy atom.